The fourth-order valence-corrected chi connectivity index (χ4v) is 2.72. The molecule has 0 atom stereocenters. The summed E-state index contributed by atoms with van der Waals surface area (Å²) in [7, 11) is 1.72. The fourth-order valence-electron chi connectivity index (χ4n) is 2.72. The van der Waals surface area contributed by atoms with Gasteiger partial charge in [-0.25, -0.2) is 4.68 Å². The van der Waals surface area contributed by atoms with Crippen LogP contribution in [0.2, 0.25) is 0 Å². The Bertz CT molecular complexity index is 589. The fraction of sp³-hybridized carbons (Fsp3) is 0.400. The lowest BCUT2D eigenvalue weighted by Gasteiger charge is -2.07. The van der Waals surface area contributed by atoms with Crippen molar-refractivity contribution in [3.63, 3.8) is 0 Å². The summed E-state index contributed by atoms with van der Waals surface area (Å²) in [6.45, 7) is 4.05. The number of methoxy groups -OCH3 is 1. The van der Waals surface area contributed by atoms with Crippen molar-refractivity contribution in [1.29, 1.82) is 0 Å². The van der Waals surface area contributed by atoms with Gasteiger partial charge in [-0.05, 0) is 19.4 Å². The summed E-state index contributed by atoms with van der Waals surface area (Å²) >= 11 is 0. The minimum Gasteiger partial charge on any atom is -0.496 e. The van der Waals surface area contributed by atoms with Crippen LogP contribution in [0.1, 0.15) is 23.7 Å². The summed E-state index contributed by atoms with van der Waals surface area (Å²) in [5.41, 5.74) is 3.74. The molecule has 1 aliphatic heterocycles. The van der Waals surface area contributed by atoms with Crippen LogP contribution in [0.15, 0.2) is 24.3 Å². The van der Waals surface area contributed by atoms with Gasteiger partial charge in [0.1, 0.15) is 11.6 Å². The van der Waals surface area contributed by atoms with Crippen molar-refractivity contribution in [2.45, 2.75) is 26.3 Å². The van der Waals surface area contributed by atoms with Crippen molar-refractivity contribution in [1.82, 2.24) is 9.78 Å². The zero-order valence-corrected chi connectivity index (χ0v) is 11.4. The van der Waals surface area contributed by atoms with Gasteiger partial charge >= 0.3 is 0 Å². The molecule has 0 saturated heterocycles. The lowest BCUT2D eigenvalue weighted by atomic mass is 10.0. The molecule has 0 saturated carbocycles. The molecule has 1 aliphatic rings. The Labute approximate surface area is 113 Å². The van der Waals surface area contributed by atoms with E-state index >= 15 is 0 Å². The van der Waals surface area contributed by atoms with Crippen molar-refractivity contribution in [2.75, 3.05) is 19.0 Å². The molecule has 2 aromatic rings. The predicted molar refractivity (Wildman–Crippen MR) is 75.9 cm³/mol. The van der Waals surface area contributed by atoms with Crippen molar-refractivity contribution in [2.24, 2.45) is 0 Å². The molecule has 0 aliphatic carbocycles. The first-order chi connectivity index (χ1) is 9.33. The summed E-state index contributed by atoms with van der Waals surface area (Å²) in [5.74, 6) is 2.14. The number of nitrogens with zero attached hydrogens (tertiary/aromatic N) is 2. The van der Waals surface area contributed by atoms with E-state index in [0.29, 0.717) is 0 Å². The number of hydrogen-bond donors (Lipinski definition) is 1. The molecule has 1 N–H and O–H groups in total. The van der Waals surface area contributed by atoms with E-state index in [2.05, 4.69) is 23.0 Å². The molecule has 19 heavy (non-hydrogen) atoms. The van der Waals surface area contributed by atoms with E-state index in [1.807, 2.05) is 18.2 Å². The maximum absolute atomic E-state index is 5.42. The number of benzene rings is 1. The third kappa shape index (κ3) is 2.07. The second kappa shape index (κ2) is 4.96. The standard InChI is InChI=1S/C15H19N3O/c1-3-18-15-12(8-9-16-15)13(17-18)10-11-6-4-5-7-14(11)19-2/h4-7,16H,3,8-10H2,1-2H3. The van der Waals surface area contributed by atoms with E-state index in [1.165, 1.54) is 22.6 Å². The third-order valence-corrected chi connectivity index (χ3v) is 3.65. The Hall–Kier alpha value is -1.97. The molecular weight excluding hydrogens is 238 g/mol. The van der Waals surface area contributed by atoms with E-state index in [0.717, 1.165) is 31.7 Å². The first-order valence-corrected chi connectivity index (χ1v) is 6.77. The third-order valence-electron chi connectivity index (χ3n) is 3.65. The molecule has 1 aromatic heterocycles. The number of nitrogens with one attached hydrogen (secondary N) is 1. The normalized spacial score (nSPS) is 13.2. The Balaban J connectivity index is 1.96. The lowest BCUT2D eigenvalue weighted by Crippen LogP contribution is -2.05. The molecule has 0 amide bonds. The lowest BCUT2D eigenvalue weighted by molar-refractivity contribution is 0.410. The van der Waals surface area contributed by atoms with Crippen LogP contribution in [0.5, 0.6) is 5.75 Å². The first kappa shape index (κ1) is 12.1. The number of aromatic nitrogens is 2. The Morgan fingerprint density at radius 3 is 3.00 bits per heavy atom. The summed E-state index contributed by atoms with van der Waals surface area (Å²) < 4.78 is 7.48. The molecule has 4 heteroatoms. The largest absolute Gasteiger partial charge is 0.496 e. The molecule has 0 unspecified atom stereocenters. The van der Waals surface area contributed by atoms with Crippen molar-refractivity contribution in [3.05, 3.63) is 41.1 Å². The van der Waals surface area contributed by atoms with Gasteiger partial charge in [-0.15, -0.1) is 0 Å². The molecule has 100 valence electrons. The molecular formula is C15H19N3O. The van der Waals surface area contributed by atoms with Gasteiger partial charge in [0, 0.05) is 30.6 Å². The highest BCUT2D eigenvalue weighted by Crippen LogP contribution is 2.29. The molecule has 0 radical (unpaired) electrons. The molecule has 2 heterocycles. The van der Waals surface area contributed by atoms with Crippen LogP contribution in [0.3, 0.4) is 0 Å². The van der Waals surface area contributed by atoms with Gasteiger partial charge < -0.3 is 10.1 Å². The van der Waals surface area contributed by atoms with Crippen LogP contribution < -0.4 is 10.1 Å². The predicted octanol–water partition coefficient (Wildman–Crippen LogP) is 2.47. The number of para-hydroxylation sites is 1. The molecule has 4 nitrogen and oxygen atoms in total. The summed E-state index contributed by atoms with van der Waals surface area (Å²) in [5, 5.41) is 8.14. The minimum atomic E-state index is 0.834. The number of anilines is 1. The number of rotatable bonds is 4. The van der Waals surface area contributed by atoms with E-state index < -0.39 is 0 Å². The minimum absolute atomic E-state index is 0.834. The topological polar surface area (TPSA) is 39.1 Å². The summed E-state index contributed by atoms with van der Waals surface area (Å²) in [4.78, 5) is 0. The average molecular weight is 257 g/mol. The maximum Gasteiger partial charge on any atom is 0.127 e. The Morgan fingerprint density at radius 1 is 1.37 bits per heavy atom. The molecule has 3 rings (SSSR count). The van der Waals surface area contributed by atoms with Crippen LogP contribution in [0.4, 0.5) is 5.82 Å². The van der Waals surface area contributed by atoms with Crippen molar-refractivity contribution < 1.29 is 4.74 Å². The van der Waals surface area contributed by atoms with Gasteiger partial charge in [0.25, 0.3) is 0 Å². The maximum atomic E-state index is 5.42. The first-order valence-electron chi connectivity index (χ1n) is 6.77. The molecule has 0 bridgehead atoms. The van der Waals surface area contributed by atoms with Gasteiger partial charge in [0.05, 0.1) is 12.8 Å². The van der Waals surface area contributed by atoms with Gasteiger partial charge in [0.15, 0.2) is 0 Å². The second-order valence-corrected chi connectivity index (χ2v) is 4.76. The highest BCUT2D eigenvalue weighted by Gasteiger charge is 2.22. The van der Waals surface area contributed by atoms with Gasteiger partial charge in [-0.1, -0.05) is 18.2 Å². The van der Waals surface area contributed by atoms with E-state index in [9.17, 15) is 0 Å². The van der Waals surface area contributed by atoms with Crippen LogP contribution in [-0.4, -0.2) is 23.4 Å². The number of ether oxygens (including phenoxy) is 1. The van der Waals surface area contributed by atoms with E-state index in [4.69, 9.17) is 9.84 Å². The highest BCUT2D eigenvalue weighted by molar-refractivity contribution is 5.54. The van der Waals surface area contributed by atoms with Crippen LogP contribution in [-0.2, 0) is 19.4 Å². The monoisotopic (exact) mass is 257 g/mol. The van der Waals surface area contributed by atoms with Crippen LogP contribution in [0, 0.1) is 0 Å². The van der Waals surface area contributed by atoms with E-state index in [-0.39, 0.29) is 0 Å². The van der Waals surface area contributed by atoms with Gasteiger partial charge in [-0.2, -0.15) is 5.10 Å². The van der Waals surface area contributed by atoms with Crippen LogP contribution in [0.25, 0.3) is 0 Å². The highest BCUT2D eigenvalue weighted by atomic mass is 16.5. The zero-order valence-electron chi connectivity index (χ0n) is 11.4. The molecule has 0 spiro atoms. The SMILES string of the molecule is CCn1nc(Cc2ccccc2OC)c2c1NCC2. The van der Waals surface area contributed by atoms with Gasteiger partial charge in [-0.3, -0.25) is 0 Å². The zero-order chi connectivity index (χ0) is 13.2. The van der Waals surface area contributed by atoms with Crippen LogP contribution >= 0.6 is 0 Å². The summed E-state index contributed by atoms with van der Waals surface area (Å²) in [6.07, 6.45) is 1.90. The van der Waals surface area contributed by atoms with Gasteiger partial charge in [0.2, 0.25) is 0 Å². The quantitative estimate of drug-likeness (QED) is 0.914. The van der Waals surface area contributed by atoms with E-state index in [1.54, 1.807) is 7.11 Å². The van der Waals surface area contributed by atoms with Crippen molar-refractivity contribution in [3.8, 4) is 5.75 Å². The summed E-state index contributed by atoms with van der Waals surface area (Å²) in [6, 6.07) is 8.16. The second-order valence-electron chi connectivity index (χ2n) is 4.76. The Morgan fingerprint density at radius 2 is 2.21 bits per heavy atom. The smallest absolute Gasteiger partial charge is 0.127 e. The van der Waals surface area contributed by atoms with Crippen molar-refractivity contribution >= 4 is 5.82 Å². The average Bonchev–Trinajstić information content (AvgIpc) is 3.03. The number of hydrogen-bond acceptors (Lipinski definition) is 3. The Kier molecular flexibility index (Phi) is 3.15. The number of aryl methyl sites for hydroxylation is 1. The molecule has 0 fully saturated rings. The molecule has 1 aromatic carbocycles. The number of fused-ring (bicyclic) bond motifs is 1.